The van der Waals surface area contributed by atoms with Crippen molar-refractivity contribution in [1.29, 1.82) is 0 Å². The number of aliphatic carboxylic acids is 1. The molecule has 0 aromatic rings. The molecule has 120 valence electrons. The molecule has 0 radical (unpaired) electrons. The second kappa shape index (κ2) is 8.46. The molecule has 0 spiro atoms. The maximum atomic E-state index is 12.1. The third kappa shape index (κ3) is 5.99. The fourth-order valence-corrected chi connectivity index (χ4v) is 2.45. The van der Waals surface area contributed by atoms with Crippen LogP contribution in [0.3, 0.4) is 0 Å². The first-order valence-corrected chi connectivity index (χ1v) is 7.11. The number of amides is 3. The van der Waals surface area contributed by atoms with Crippen LogP contribution in [0.25, 0.3) is 0 Å². The number of likely N-dealkylation sites (tertiary alicyclic amines) is 1. The highest BCUT2D eigenvalue weighted by molar-refractivity contribution is 5.83. The second-order valence-electron chi connectivity index (χ2n) is 5.31. The highest BCUT2D eigenvalue weighted by atomic mass is 16.4. The van der Waals surface area contributed by atoms with E-state index in [0.717, 1.165) is 12.8 Å². The van der Waals surface area contributed by atoms with Crippen LogP contribution in [0.2, 0.25) is 0 Å². The van der Waals surface area contributed by atoms with Crippen molar-refractivity contribution >= 4 is 17.9 Å². The van der Waals surface area contributed by atoms with Crippen molar-refractivity contribution in [3.05, 3.63) is 0 Å². The Labute approximate surface area is 123 Å². The quantitative estimate of drug-likeness (QED) is 0.503. The molecule has 1 aliphatic heterocycles. The summed E-state index contributed by atoms with van der Waals surface area (Å²) in [5.74, 6) is -1.55. The number of carboxylic acid groups (broad SMARTS) is 1. The van der Waals surface area contributed by atoms with Gasteiger partial charge in [0.15, 0.2) is 0 Å². The number of rotatable bonds is 7. The minimum Gasteiger partial charge on any atom is -0.480 e. The van der Waals surface area contributed by atoms with E-state index < -0.39 is 23.9 Å². The fourth-order valence-electron chi connectivity index (χ4n) is 2.45. The fraction of sp³-hybridized carbons (Fsp3) is 0.769. The van der Waals surface area contributed by atoms with E-state index in [1.165, 1.54) is 0 Å². The first-order valence-electron chi connectivity index (χ1n) is 7.11. The van der Waals surface area contributed by atoms with Crippen LogP contribution in [0, 0.1) is 5.92 Å². The first kappa shape index (κ1) is 17.2. The zero-order valence-electron chi connectivity index (χ0n) is 12.0. The number of hydrogen-bond acceptors (Lipinski definition) is 4. The van der Waals surface area contributed by atoms with Gasteiger partial charge >= 0.3 is 12.0 Å². The Morgan fingerprint density at radius 2 is 2.10 bits per heavy atom. The van der Waals surface area contributed by atoms with Crippen LogP contribution in [-0.2, 0) is 9.59 Å². The third-order valence-electron chi connectivity index (χ3n) is 3.62. The Balaban J connectivity index is 2.52. The predicted molar refractivity (Wildman–Crippen MR) is 74.4 cm³/mol. The summed E-state index contributed by atoms with van der Waals surface area (Å²) in [7, 11) is 0. The number of carboxylic acids is 1. The molecule has 8 heteroatoms. The normalized spacial score (nSPS) is 19.9. The van der Waals surface area contributed by atoms with Crippen LogP contribution in [0.5, 0.6) is 0 Å². The number of nitrogens with zero attached hydrogens (tertiary/aromatic N) is 1. The van der Waals surface area contributed by atoms with E-state index in [9.17, 15) is 14.4 Å². The van der Waals surface area contributed by atoms with Crippen LogP contribution in [-0.4, -0.2) is 58.8 Å². The summed E-state index contributed by atoms with van der Waals surface area (Å²) in [5, 5.41) is 20.4. The number of aliphatic hydroxyl groups is 1. The molecule has 3 amide bonds. The van der Waals surface area contributed by atoms with Crippen molar-refractivity contribution in [2.75, 3.05) is 19.7 Å². The lowest BCUT2D eigenvalue weighted by Crippen LogP contribution is -2.51. The lowest BCUT2D eigenvalue weighted by Gasteiger charge is -2.33. The molecule has 0 aromatic heterocycles. The molecule has 1 heterocycles. The summed E-state index contributed by atoms with van der Waals surface area (Å²) in [6.07, 6.45) is 2.30. The van der Waals surface area contributed by atoms with Gasteiger partial charge in [-0.25, -0.2) is 9.59 Å². The Bertz CT molecular complexity index is 386. The number of aliphatic hydroxyl groups excluding tert-OH is 1. The number of nitrogens with one attached hydrogen (secondary N) is 1. The molecule has 2 atom stereocenters. The highest BCUT2D eigenvalue weighted by Gasteiger charge is 2.27. The van der Waals surface area contributed by atoms with Gasteiger partial charge < -0.3 is 26.2 Å². The molecule has 5 N–H and O–H groups in total. The standard InChI is InChI=1S/C13H23N3O5/c14-11(18)4-3-10(12(19)20)15-13(21)16-6-1-2-9(8-16)5-7-17/h9-10,17H,1-8H2,(H2,14,18)(H,15,21)(H,19,20)/t9?,10-/m1/s1. The van der Waals surface area contributed by atoms with Gasteiger partial charge in [0.2, 0.25) is 5.91 Å². The van der Waals surface area contributed by atoms with Crippen LogP contribution in [0.4, 0.5) is 4.79 Å². The molecule has 0 aromatic carbocycles. The van der Waals surface area contributed by atoms with Crippen LogP contribution < -0.4 is 11.1 Å². The maximum absolute atomic E-state index is 12.1. The molecular weight excluding hydrogens is 278 g/mol. The molecule has 1 rings (SSSR count). The third-order valence-corrected chi connectivity index (χ3v) is 3.62. The summed E-state index contributed by atoms with van der Waals surface area (Å²) >= 11 is 0. The largest absolute Gasteiger partial charge is 0.480 e. The van der Waals surface area contributed by atoms with E-state index in [0.29, 0.717) is 19.5 Å². The number of carbonyl (C=O) groups is 3. The van der Waals surface area contributed by atoms with Gasteiger partial charge in [-0.05, 0) is 31.6 Å². The van der Waals surface area contributed by atoms with Crippen molar-refractivity contribution in [2.45, 2.75) is 38.1 Å². The molecule has 0 aliphatic carbocycles. The summed E-state index contributed by atoms with van der Waals surface area (Å²) in [6.45, 7) is 1.15. The average molecular weight is 301 g/mol. The number of urea groups is 1. The van der Waals surface area contributed by atoms with Gasteiger partial charge in [-0.1, -0.05) is 0 Å². The predicted octanol–water partition coefficient (Wildman–Crippen LogP) is -0.491. The van der Waals surface area contributed by atoms with Crippen LogP contribution in [0.1, 0.15) is 32.1 Å². The average Bonchev–Trinajstić information content (AvgIpc) is 2.43. The van der Waals surface area contributed by atoms with Gasteiger partial charge in [-0.15, -0.1) is 0 Å². The van der Waals surface area contributed by atoms with E-state index in [1.807, 2.05) is 0 Å². The van der Waals surface area contributed by atoms with E-state index in [1.54, 1.807) is 4.90 Å². The molecule has 0 bridgehead atoms. The van der Waals surface area contributed by atoms with E-state index in [2.05, 4.69) is 5.32 Å². The Hall–Kier alpha value is -1.83. The first-order chi connectivity index (χ1) is 9.93. The lowest BCUT2D eigenvalue weighted by atomic mass is 9.95. The molecule has 1 saturated heterocycles. The number of piperidine rings is 1. The van der Waals surface area contributed by atoms with Gasteiger partial charge in [-0.3, -0.25) is 4.79 Å². The summed E-state index contributed by atoms with van der Waals surface area (Å²) in [6, 6.07) is -1.57. The van der Waals surface area contributed by atoms with Gasteiger partial charge in [0.1, 0.15) is 6.04 Å². The molecule has 0 saturated carbocycles. The number of primary amides is 1. The highest BCUT2D eigenvalue weighted by Crippen LogP contribution is 2.19. The summed E-state index contributed by atoms with van der Waals surface area (Å²) in [4.78, 5) is 35.4. The minimum absolute atomic E-state index is 0.0235. The summed E-state index contributed by atoms with van der Waals surface area (Å²) < 4.78 is 0. The molecule has 1 fully saturated rings. The van der Waals surface area contributed by atoms with Crippen molar-refractivity contribution < 1.29 is 24.6 Å². The minimum atomic E-state index is -1.19. The van der Waals surface area contributed by atoms with Crippen LogP contribution in [0.15, 0.2) is 0 Å². The topological polar surface area (TPSA) is 133 Å². The SMILES string of the molecule is NC(=O)CC[C@@H](NC(=O)N1CCCC(CCO)C1)C(=O)O. The lowest BCUT2D eigenvalue weighted by molar-refractivity contribution is -0.139. The Morgan fingerprint density at radius 1 is 1.38 bits per heavy atom. The van der Waals surface area contributed by atoms with Crippen molar-refractivity contribution in [3.63, 3.8) is 0 Å². The van der Waals surface area contributed by atoms with Crippen molar-refractivity contribution in [3.8, 4) is 0 Å². The van der Waals surface area contributed by atoms with Gasteiger partial charge in [-0.2, -0.15) is 0 Å². The zero-order valence-corrected chi connectivity index (χ0v) is 12.0. The van der Waals surface area contributed by atoms with E-state index in [4.69, 9.17) is 15.9 Å². The molecule has 8 nitrogen and oxygen atoms in total. The van der Waals surface area contributed by atoms with Crippen LogP contribution >= 0.6 is 0 Å². The maximum Gasteiger partial charge on any atom is 0.326 e. The summed E-state index contributed by atoms with van der Waals surface area (Å²) in [5.41, 5.74) is 4.99. The van der Waals surface area contributed by atoms with Gasteiger partial charge in [0.05, 0.1) is 0 Å². The second-order valence-corrected chi connectivity index (χ2v) is 5.31. The molecular formula is C13H23N3O5. The molecule has 21 heavy (non-hydrogen) atoms. The van der Waals surface area contributed by atoms with E-state index in [-0.39, 0.29) is 25.4 Å². The monoisotopic (exact) mass is 301 g/mol. The number of hydrogen-bond donors (Lipinski definition) is 4. The smallest absolute Gasteiger partial charge is 0.326 e. The molecule has 1 aliphatic rings. The zero-order chi connectivity index (χ0) is 15.8. The Morgan fingerprint density at radius 3 is 2.67 bits per heavy atom. The number of nitrogens with two attached hydrogens (primary N) is 1. The number of carbonyl (C=O) groups excluding carboxylic acids is 2. The van der Waals surface area contributed by atoms with E-state index >= 15 is 0 Å². The van der Waals surface area contributed by atoms with Gasteiger partial charge in [0.25, 0.3) is 0 Å². The van der Waals surface area contributed by atoms with Crippen molar-refractivity contribution in [1.82, 2.24) is 10.2 Å². The Kier molecular flexibility index (Phi) is 6.93. The molecule has 1 unspecified atom stereocenters. The van der Waals surface area contributed by atoms with Gasteiger partial charge in [0, 0.05) is 26.1 Å². The van der Waals surface area contributed by atoms with Crippen molar-refractivity contribution in [2.24, 2.45) is 11.7 Å².